The van der Waals surface area contributed by atoms with Crippen molar-refractivity contribution in [3.63, 3.8) is 0 Å². The number of aromatic nitrogens is 4. The van der Waals surface area contributed by atoms with E-state index in [2.05, 4.69) is 15.5 Å². The van der Waals surface area contributed by atoms with E-state index in [1.807, 2.05) is 20.0 Å². The van der Waals surface area contributed by atoms with E-state index in [1.54, 1.807) is 4.68 Å². The Morgan fingerprint density at radius 3 is 2.50 bits per heavy atom. The van der Waals surface area contributed by atoms with Crippen LogP contribution in [-0.2, 0) is 26.3 Å². The smallest absolute Gasteiger partial charge is 0.378 e. The molecule has 2 aromatic rings. The van der Waals surface area contributed by atoms with Crippen LogP contribution in [0.5, 0.6) is 0 Å². The van der Waals surface area contributed by atoms with Crippen LogP contribution in [-0.4, -0.2) is 19.6 Å². The first kappa shape index (κ1) is 18.3. The molecule has 0 amide bonds. The van der Waals surface area contributed by atoms with Gasteiger partial charge in [0.15, 0.2) is 5.69 Å². The topological polar surface area (TPSA) is 47.7 Å². The lowest BCUT2D eigenvalue weighted by molar-refractivity contribution is -0.142. The van der Waals surface area contributed by atoms with Crippen LogP contribution in [0.15, 0.2) is 12.4 Å². The number of rotatable bonds is 5. The summed E-state index contributed by atoms with van der Waals surface area (Å²) in [5.41, 5.74) is 0.769. The zero-order valence-electron chi connectivity index (χ0n) is 12.6. The van der Waals surface area contributed by atoms with E-state index in [-0.39, 0.29) is 24.5 Å². The summed E-state index contributed by atoms with van der Waals surface area (Å²) in [5.74, 6) is 0. The second-order valence-corrected chi connectivity index (χ2v) is 4.92. The molecular weight excluding hydrogens is 319 g/mol. The molecule has 0 aliphatic carbocycles. The summed E-state index contributed by atoms with van der Waals surface area (Å²) in [4.78, 5) is 0. The predicted octanol–water partition coefficient (Wildman–Crippen LogP) is 3.39. The van der Waals surface area contributed by atoms with Crippen molar-refractivity contribution < 1.29 is 13.2 Å². The maximum absolute atomic E-state index is 12.9. The number of nitrogens with zero attached hydrogens (tertiary/aromatic N) is 4. The third-order valence-electron chi connectivity index (χ3n) is 3.04. The van der Waals surface area contributed by atoms with E-state index in [0.29, 0.717) is 0 Å². The van der Waals surface area contributed by atoms with Crippen LogP contribution in [0.1, 0.15) is 30.3 Å². The van der Waals surface area contributed by atoms with Gasteiger partial charge in [0, 0.05) is 38.1 Å². The maximum Gasteiger partial charge on any atom is 0.435 e. The van der Waals surface area contributed by atoms with Gasteiger partial charge < -0.3 is 5.32 Å². The van der Waals surface area contributed by atoms with Gasteiger partial charge in [0.05, 0.1) is 11.4 Å². The van der Waals surface area contributed by atoms with Crippen LogP contribution < -0.4 is 5.32 Å². The number of anilines is 1. The number of nitrogens with one attached hydrogen (secondary N) is 1. The monoisotopic (exact) mass is 337 g/mol. The Morgan fingerprint density at radius 2 is 1.91 bits per heavy atom. The predicted molar refractivity (Wildman–Crippen MR) is 80.0 cm³/mol. The molecule has 22 heavy (non-hydrogen) atoms. The molecule has 5 nitrogen and oxygen atoms in total. The number of hydrogen-bond donors (Lipinski definition) is 1. The number of hydrogen-bond acceptors (Lipinski definition) is 3. The minimum Gasteiger partial charge on any atom is -0.378 e. The average Bonchev–Trinajstić information content (AvgIpc) is 2.90. The van der Waals surface area contributed by atoms with Crippen LogP contribution in [0, 0.1) is 6.92 Å². The molecule has 0 saturated heterocycles. The molecule has 0 spiro atoms. The van der Waals surface area contributed by atoms with E-state index in [1.165, 1.54) is 17.9 Å². The minimum atomic E-state index is -4.44. The van der Waals surface area contributed by atoms with Crippen molar-refractivity contribution >= 4 is 18.1 Å². The van der Waals surface area contributed by atoms with Gasteiger partial charge in [-0.25, -0.2) is 0 Å². The Bertz CT molecular complexity index is 618. The van der Waals surface area contributed by atoms with E-state index >= 15 is 0 Å². The first-order valence-electron chi connectivity index (χ1n) is 6.69. The van der Waals surface area contributed by atoms with Gasteiger partial charge in [-0.3, -0.25) is 9.36 Å². The Hall–Kier alpha value is -1.70. The van der Waals surface area contributed by atoms with Gasteiger partial charge in [-0.1, -0.05) is 6.92 Å². The highest BCUT2D eigenvalue weighted by Crippen LogP contribution is 2.31. The van der Waals surface area contributed by atoms with Crippen molar-refractivity contribution in [1.82, 2.24) is 19.6 Å². The summed E-state index contributed by atoms with van der Waals surface area (Å²) >= 11 is 0. The molecule has 2 heterocycles. The van der Waals surface area contributed by atoms with Gasteiger partial charge in [0.1, 0.15) is 0 Å². The Labute approximate surface area is 132 Å². The third-order valence-corrected chi connectivity index (χ3v) is 3.04. The van der Waals surface area contributed by atoms with Gasteiger partial charge in [-0.15, -0.1) is 12.4 Å². The third kappa shape index (κ3) is 4.16. The molecule has 2 aromatic heterocycles. The van der Waals surface area contributed by atoms with Crippen molar-refractivity contribution in [2.24, 2.45) is 7.05 Å². The molecule has 124 valence electrons. The highest BCUT2D eigenvalue weighted by atomic mass is 35.5. The fraction of sp³-hybridized carbons (Fsp3) is 0.538. The van der Waals surface area contributed by atoms with Crippen molar-refractivity contribution in [3.8, 4) is 0 Å². The molecule has 0 aliphatic heterocycles. The van der Waals surface area contributed by atoms with E-state index in [4.69, 9.17) is 0 Å². The van der Waals surface area contributed by atoms with Crippen molar-refractivity contribution in [3.05, 3.63) is 29.3 Å². The summed E-state index contributed by atoms with van der Waals surface area (Å²) in [6.45, 7) is 4.70. The van der Waals surface area contributed by atoms with Gasteiger partial charge in [0.2, 0.25) is 0 Å². The van der Waals surface area contributed by atoms with Crippen LogP contribution in [0.2, 0.25) is 0 Å². The van der Waals surface area contributed by atoms with E-state index in [0.717, 1.165) is 24.3 Å². The van der Waals surface area contributed by atoms with Crippen LogP contribution in [0.25, 0.3) is 0 Å². The SMILES string of the molecule is CCCn1cc(NCc2cn(C)nc2C(F)(F)F)c(C)n1.Cl. The summed E-state index contributed by atoms with van der Waals surface area (Å²) in [6.07, 6.45) is -0.314. The van der Waals surface area contributed by atoms with Gasteiger partial charge >= 0.3 is 6.18 Å². The minimum absolute atomic E-state index is 0. The summed E-state index contributed by atoms with van der Waals surface area (Å²) in [7, 11) is 1.48. The van der Waals surface area contributed by atoms with Crippen molar-refractivity contribution in [2.45, 2.75) is 39.5 Å². The van der Waals surface area contributed by atoms with Gasteiger partial charge in [0.25, 0.3) is 0 Å². The molecular formula is C13H19ClF3N5. The molecule has 1 N–H and O–H groups in total. The largest absolute Gasteiger partial charge is 0.435 e. The van der Waals surface area contributed by atoms with Crippen LogP contribution in [0.4, 0.5) is 18.9 Å². The highest BCUT2D eigenvalue weighted by Gasteiger charge is 2.36. The zero-order valence-corrected chi connectivity index (χ0v) is 13.4. The fourth-order valence-electron chi connectivity index (χ4n) is 2.13. The lowest BCUT2D eigenvalue weighted by Crippen LogP contribution is -2.11. The second kappa shape index (κ2) is 7.04. The molecule has 2 rings (SSSR count). The number of alkyl halides is 3. The first-order chi connectivity index (χ1) is 9.81. The molecule has 0 aromatic carbocycles. The lowest BCUT2D eigenvalue weighted by atomic mass is 10.2. The van der Waals surface area contributed by atoms with Crippen LogP contribution >= 0.6 is 12.4 Å². The molecule has 9 heteroatoms. The average molecular weight is 338 g/mol. The second-order valence-electron chi connectivity index (χ2n) is 4.92. The van der Waals surface area contributed by atoms with Crippen molar-refractivity contribution in [2.75, 3.05) is 5.32 Å². The maximum atomic E-state index is 12.9. The first-order valence-corrected chi connectivity index (χ1v) is 6.69. The Morgan fingerprint density at radius 1 is 1.23 bits per heavy atom. The number of aryl methyl sites for hydroxylation is 3. The molecule has 0 atom stereocenters. The summed E-state index contributed by atoms with van der Waals surface area (Å²) < 4.78 is 41.5. The van der Waals surface area contributed by atoms with Crippen molar-refractivity contribution in [1.29, 1.82) is 0 Å². The van der Waals surface area contributed by atoms with Gasteiger partial charge in [-0.05, 0) is 13.3 Å². The Balaban J connectivity index is 0.00000242. The zero-order chi connectivity index (χ0) is 15.6. The molecule has 0 saturated carbocycles. The van der Waals surface area contributed by atoms with Gasteiger partial charge in [-0.2, -0.15) is 23.4 Å². The fourth-order valence-corrected chi connectivity index (χ4v) is 2.13. The molecule has 0 bridgehead atoms. The van der Waals surface area contributed by atoms with Crippen LogP contribution in [0.3, 0.4) is 0 Å². The highest BCUT2D eigenvalue weighted by molar-refractivity contribution is 5.85. The van der Waals surface area contributed by atoms with E-state index in [9.17, 15) is 13.2 Å². The quantitative estimate of drug-likeness (QED) is 0.909. The molecule has 0 unspecified atom stereocenters. The Kier molecular flexibility index (Phi) is 5.87. The lowest BCUT2D eigenvalue weighted by Gasteiger charge is -2.07. The number of halogens is 4. The normalized spacial score (nSPS) is 11.4. The standard InChI is InChI=1S/C13H18F3N5.ClH/c1-4-5-21-8-11(9(2)18-21)17-6-10-7-20(3)19-12(10)13(14,15)16;/h7-8,17H,4-6H2,1-3H3;1H. The van der Waals surface area contributed by atoms with E-state index < -0.39 is 11.9 Å². The molecule has 0 radical (unpaired) electrons. The molecule has 0 aliphatic rings. The summed E-state index contributed by atoms with van der Waals surface area (Å²) in [6, 6.07) is 0. The molecule has 0 fully saturated rings. The summed E-state index contributed by atoms with van der Waals surface area (Å²) in [5, 5.41) is 10.8.